The van der Waals surface area contributed by atoms with Gasteiger partial charge in [-0.05, 0) is 118 Å². The molecule has 6 nitrogen and oxygen atoms in total. The van der Waals surface area contributed by atoms with Crippen molar-refractivity contribution >= 4 is 115 Å². The summed E-state index contributed by atoms with van der Waals surface area (Å²) in [6.45, 7) is -0.186. The van der Waals surface area contributed by atoms with Gasteiger partial charge in [-0.25, -0.2) is 4.98 Å². The van der Waals surface area contributed by atoms with Crippen molar-refractivity contribution in [2.75, 3.05) is 19.6 Å². The van der Waals surface area contributed by atoms with E-state index >= 15 is 0 Å². The van der Waals surface area contributed by atoms with Gasteiger partial charge >= 0.3 is 0 Å². The van der Waals surface area contributed by atoms with Gasteiger partial charge in [0.05, 0.1) is 0 Å². The van der Waals surface area contributed by atoms with Crippen LogP contribution < -0.4 is 52.4 Å². The summed E-state index contributed by atoms with van der Waals surface area (Å²) in [5.74, 6) is 1.86. The van der Waals surface area contributed by atoms with E-state index in [4.69, 9.17) is 9.97 Å². The Kier molecular flexibility index (Phi) is 7.10. The van der Waals surface area contributed by atoms with Crippen LogP contribution in [0.1, 0.15) is 0 Å². The van der Waals surface area contributed by atoms with Gasteiger partial charge in [-0.15, -0.1) is 0 Å². The van der Waals surface area contributed by atoms with Crippen LogP contribution in [0.5, 0.6) is 0 Å². The SMILES string of the molecule is c1ccc(N2c3ccccc3B3c4cc5c(nc4N(c4ccccc4)c4cccc2c43)N(c2ccccc2)c2cccc3c2B5c2cnccc2N3c2ccccc2)cc1. The maximum atomic E-state index is 5.98. The predicted octanol–water partition coefficient (Wildman–Crippen LogP) is 8.64. The third-order valence-electron chi connectivity index (χ3n) is 12.7. The van der Waals surface area contributed by atoms with E-state index in [1.807, 2.05) is 6.20 Å². The molecule has 0 bridgehead atoms. The van der Waals surface area contributed by atoms with Crippen molar-refractivity contribution < 1.29 is 0 Å². The summed E-state index contributed by atoms with van der Waals surface area (Å²) < 4.78 is 0. The Morgan fingerprint density at radius 3 is 1.20 bits per heavy atom. The van der Waals surface area contributed by atoms with Crippen molar-refractivity contribution in [2.45, 2.75) is 0 Å². The second-order valence-electron chi connectivity index (χ2n) is 15.8. The third kappa shape index (κ3) is 4.61. The van der Waals surface area contributed by atoms with Crippen LogP contribution in [0.4, 0.5) is 68.5 Å². The molecular weight excluding hydrogens is 730 g/mol. The molecule has 7 aromatic carbocycles. The summed E-state index contributed by atoms with van der Waals surface area (Å²) in [6.07, 6.45) is 4.00. The molecule has 0 radical (unpaired) electrons. The molecule has 8 heteroatoms. The minimum atomic E-state index is -0.117. The molecule has 0 atom stereocenters. The Hall–Kier alpha value is -7.83. The molecule has 0 unspecified atom stereocenters. The molecule has 9 aromatic rings. The van der Waals surface area contributed by atoms with E-state index in [1.54, 1.807) is 0 Å². The Labute approximate surface area is 349 Å². The summed E-state index contributed by atoms with van der Waals surface area (Å²) >= 11 is 0. The van der Waals surface area contributed by atoms with E-state index in [2.05, 4.69) is 220 Å². The largest absolute Gasteiger partial charge is 0.311 e. The smallest absolute Gasteiger partial charge is 0.256 e. The van der Waals surface area contributed by atoms with Gasteiger partial charge in [-0.1, -0.05) is 109 Å². The minimum Gasteiger partial charge on any atom is -0.311 e. The lowest BCUT2D eigenvalue weighted by Gasteiger charge is -2.46. The fraction of sp³-hybridized carbons (Fsp3) is 0. The molecule has 2 aromatic heterocycles. The molecular formula is C52H34B2N6. The summed E-state index contributed by atoms with van der Waals surface area (Å²) in [5.41, 5.74) is 18.6. The molecule has 0 spiro atoms. The van der Waals surface area contributed by atoms with Crippen molar-refractivity contribution in [1.82, 2.24) is 9.97 Å². The highest BCUT2D eigenvalue weighted by Gasteiger charge is 2.48. The maximum absolute atomic E-state index is 5.98. The lowest BCUT2D eigenvalue weighted by molar-refractivity contribution is 1.14. The number of nitrogens with zero attached hydrogens (tertiary/aromatic N) is 6. The average Bonchev–Trinajstić information content (AvgIpc) is 3.32. The van der Waals surface area contributed by atoms with Crippen LogP contribution >= 0.6 is 0 Å². The number of aromatic nitrogens is 2. The molecule has 278 valence electrons. The van der Waals surface area contributed by atoms with Crippen LogP contribution in [0.2, 0.25) is 0 Å². The molecule has 60 heavy (non-hydrogen) atoms. The van der Waals surface area contributed by atoms with Crippen LogP contribution in [0.3, 0.4) is 0 Å². The molecule has 0 amide bonds. The highest BCUT2D eigenvalue weighted by molar-refractivity contribution is 7.03. The maximum Gasteiger partial charge on any atom is 0.256 e. The van der Waals surface area contributed by atoms with Crippen LogP contribution in [0.25, 0.3) is 0 Å². The van der Waals surface area contributed by atoms with Crippen LogP contribution in [-0.4, -0.2) is 23.4 Å². The molecule has 0 N–H and O–H groups in total. The second kappa shape index (κ2) is 12.8. The number of para-hydroxylation sites is 5. The van der Waals surface area contributed by atoms with E-state index in [0.717, 1.165) is 68.1 Å². The second-order valence-corrected chi connectivity index (χ2v) is 15.8. The van der Waals surface area contributed by atoms with Crippen LogP contribution in [0, 0.1) is 0 Å². The standard InChI is InChI=1S/C52H34B2N6/c1-5-17-35(18-6-1)57-43-26-14-13-25-39(43)53-40-33-41-52(56-51(40)59(37-21-9-3-10-22-37)47-29-15-27-45(57)49(47)53)60(38-23-11-4-12-24-38)48-30-16-28-46-50(48)54(41)42-34-55-32-31-44(42)58(46)36-19-7-2-8-20-36/h1-34H. The molecule has 0 saturated heterocycles. The van der Waals surface area contributed by atoms with Gasteiger partial charge in [0, 0.05) is 69.3 Å². The highest BCUT2D eigenvalue weighted by atomic mass is 15.3. The predicted molar refractivity (Wildman–Crippen MR) is 250 cm³/mol. The Bertz CT molecular complexity index is 2940. The minimum absolute atomic E-state index is 0.0697. The first-order valence-electron chi connectivity index (χ1n) is 20.6. The van der Waals surface area contributed by atoms with Gasteiger partial charge in [0.2, 0.25) is 0 Å². The molecule has 4 aliphatic rings. The van der Waals surface area contributed by atoms with E-state index in [9.17, 15) is 0 Å². The van der Waals surface area contributed by atoms with Gasteiger partial charge in [-0.2, -0.15) is 0 Å². The van der Waals surface area contributed by atoms with Gasteiger partial charge in [0.1, 0.15) is 11.6 Å². The van der Waals surface area contributed by atoms with Crippen LogP contribution in [0.15, 0.2) is 207 Å². The van der Waals surface area contributed by atoms with Crippen molar-refractivity contribution in [3.05, 3.63) is 207 Å². The number of hydrogen-bond acceptors (Lipinski definition) is 6. The highest BCUT2D eigenvalue weighted by Crippen LogP contribution is 2.46. The first kappa shape index (κ1) is 33.2. The van der Waals surface area contributed by atoms with E-state index < -0.39 is 0 Å². The number of benzene rings is 7. The Morgan fingerprint density at radius 2 is 0.700 bits per heavy atom. The number of rotatable bonds is 4. The molecule has 6 heterocycles. The van der Waals surface area contributed by atoms with Crippen molar-refractivity contribution in [3.63, 3.8) is 0 Å². The van der Waals surface area contributed by atoms with Gasteiger partial charge in [-0.3, -0.25) is 14.8 Å². The van der Waals surface area contributed by atoms with Gasteiger partial charge in [0.25, 0.3) is 13.4 Å². The normalized spacial score (nSPS) is 13.8. The Morgan fingerprint density at radius 1 is 0.317 bits per heavy atom. The zero-order chi connectivity index (χ0) is 39.3. The molecule has 4 aliphatic heterocycles. The molecule has 0 saturated carbocycles. The fourth-order valence-electron chi connectivity index (χ4n) is 10.4. The van der Waals surface area contributed by atoms with Crippen molar-refractivity contribution in [3.8, 4) is 0 Å². The first-order valence-corrected chi connectivity index (χ1v) is 20.6. The third-order valence-corrected chi connectivity index (χ3v) is 12.7. The zero-order valence-electron chi connectivity index (χ0n) is 32.5. The number of hydrogen-bond donors (Lipinski definition) is 0. The monoisotopic (exact) mass is 764 g/mol. The fourth-order valence-corrected chi connectivity index (χ4v) is 10.4. The van der Waals surface area contributed by atoms with E-state index in [-0.39, 0.29) is 13.4 Å². The molecule has 0 aliphatic carbocycles. The first-order chi connectivity index (χ1) is 29.8. The van der Waals surface area contributed by atoms with Crippen molar-refractivity contribution in [2.24, 2.45) is 0 Å². The van der Waals surface area contributed by atoms with Gasteiger partial charge < -0.3 is 9.80 Å². The number of fused-ring (bicyclic) bond motifs is 8. The van der Waals surface area contributed by atoms with Crippen LogP contribution in [-0.2, 0) is 0 Å². The number of pyridine rings is 2. The average molecular weight is 765 g/mol. The Balaban J connectivity index is 1.14. The zero-order valence-corrected chi connectivity index (χ0v) is 32.5. The molecule has 13 rings (SSSR count). The van der Waals surface area contributed by atoms with Crippen molar-refractivity contribution in [1.29, 1.82) is 0 Å². The summed E-state index contributed by atoms with van der Waals surface area (Å²) in [7, 11) is 0. The lowest BCUT2D eigenvalue weighted by atomic mass is 9.31. The molecule has 0 fully saturated rings. The quantitative estimate of drug-likeness (QED) is 0.167. The lowest BCUT2D eigenvalue weighted by Crippen LogP contribution is -2.65. The topological polar surface area (TPSA) is 38.7 Å². The van der Waals surface area contributed by atoms with Gasteiger partial charge in [0.15, 0.2) is 0 Å². The number of anilines is 12. The van der Waals surface area contributed by atoms with E-state index in [1.165, 1.54) is 33.2 Å². The van der Waals surface area contributed by atoms with E-state index in [0.29, 0.717) is 0 Å². The summed E-state index contributed by atoms with van der Waals surface area (Å²) in [6, 6.07) is 70.0. The summed E-state index contributed by atoms with van der Waals surface area (Å²) in [4.78, 5) is 20.4. The summed E-state index contributed by atoms with van der Waals surface area (Å²) in [5, 5.41) is 0.